The van der Waals surface area contributed by atoms with Gasteiger partial charge in [-0.2, -0.15) is 0 Å². The summed E-state index contributed by atoms with van der Waals surface area (Å²) < 4.78 is 0. The average molecular weight is 204 g/mol. The monoisotopic (exact) mass is 204 g/mol. The molecule has 1 aliphatic rings. The molecular formula is C13H20N2. The van der Waals surface area contributed by atoms with Crippen LogP contribution in [0, 0.1) is 6.92 Å². The molecule has 1 saturated heterocycles. The Morgan fingerprint density at radius 2 is 1.87 bits per heavy atom. The molecule has 1 aliphatic heterocycles. The zero-order chi connectivity index (χ0) is 11.1. The SMILES string of the molecule is Cc1ccc(N2CCC(N)C2(C)C)cc1. The molecule has 0 bridgehead atoms. The first-order chi connectivity index (χ1) is 7.01. The third-order valence-corrected chi connectivity index (χ3v) is 3.61. The summed E-state index contributed by atoms with van der Waals surface area (Å²) in [6.07, 6.45) is 1.08. The Bertz CT molecular complexity index is 340. The number of hydrogen-bond donors (Lipinski definition) is 1. The van der Waals surface area contributed by atoms with E-state index < -0.39 is 0 Å². The predicted molar refractivity (Wildman–Crippen MR) is 65.2 cm³/mol. The van der Waals surface area contributed by atoms with E-state index in [1.807, 2.05) is 0 Å². The quantitative estimate of drug-likeness (QED) is 0.760. The Labute approximate surface area is 92.1 Å². The summed E-state index contributed by atoms with van der Waals surface area (Å²) in [4.78, 5) is 2.41. The molecule has 1 aromatic rings. The van der Waals surface area contributed by atoms with Gasteiger partial charge in [0.25, 0.3) is 0 Å². The van der Waals surface area contributed by atoms with Crippen molar-refractivity contribution in [1.29, 1.82) is 0 Å². The molecular weight excluding hydrogens is 184 g/mol. The second-order valence-corrected chi connectivity index (χ2v) is 5.04. The molecule has 1 unspecified atom stereocenters. The average Bonchev–Trinajstić information content (AvgIpc) is 2.44. The van der Waals surface area contributed by atoms with Crippen molar-refractivity contribution in [2.45, 2.75) is 38.8 Å². The van der Waals surface area contributed by atoms with E-state index in [0.29, 0.717) is 0 Å². The zero-order valence-electron chi connectivity index (χ0n) is 9.83. The van der Waals surface area contributed by atoms with Crippen LogP contribution < -0.4 is 10.6 Å². The molecule has 1 heterocycles. The zero-order valence-corrected chi connectivity index (χ0v) is 9.83. The maximum absolute atomic E-state index is 6.13. The first-order valence-corrected chi connectivity index (χ1v) is 5.62. The second kappa shape index (κ2) is 3.53. The van der Waals surface area contributed by atoms with Crippen LogP contribution >= 0.6 is 0 Å². The molecule has 0 aliphatic carbocycles. The van der Waals surface area contributed by atoms with E-state index in [-0.39, 0.29) is 11.6 Å². The van der Waals surface area contributed by atoms with Crippen LogP contribution in [0.4, 0.5) is 5.69 Å². The maximum Gasteiger partial charge on any atom is 0.0497 e. The lowest BCUT2D eigenvalue weighted by atomic mass is 9.96. The van der Waals surface area contributed by atoms with Gasteiger partial charge in [-0.15, -0.1) is 0 Å². The topological polar surface area (TPSA) is 29.3 Å². The highest BCUT2D eigenvalue weighted by molar-refractivity contribution is 5.51. The van der Waals surface area contributed by atoms with Crippen LogP contribution in [-0.2, 0) is 0 Å². The van der Waals surface area contributed by atoms with Crippen LogP contribution in [0.3, 0.4) is 0 Å². The van der Waals surface area contributed by atoms with Crippen molar-refractivity contribution in [3.63, 3.8) is 0 Å². The minimum Gasteiger partial charge on any atom is -0.365 e. The minimum atomic E-state index is 0.0786. The number of benzene rings is 1. The minimum absolute atomic E-state index is 0.0786. The van der Waals surface area contributed by atoms with E-state index in [1.165, 1.54) is 11.3 Å². The third kappa shape index (κ3) is 1.74. The van der Waals surface area contributed by atoms with Crippen molar-refractivity contribution in [2.24, 2.45) is 5.73 Å². The van der Waals surface area contributed by atoms with Crippen molar-refractivity contribution in [3.8, 4) is 0 Å². The van der Waals surface area contributed by atoms with Crippen LogP contribution in [-0.4, -0.2) is 18.1 Å². The Morgan fingerprint density at radius 3 is 2.33 bits per heavy atom. The van der Waals surface area contributed by atoms with Gasteiger partial charge in [0.2, 0.25) is 0 Å². The highest BCUT2D eigenvalue weighted by atomic mass is 15.2. The van der Waals surface area contributed by atoms with E-state index in [4.69, 9.17) is 5.73 Å². The number of anilines is 1. The fraction of sp³-hybridized carbons (Fsp3) is 0.538. The summed E-state index contributed by atoms with van der Waals surface area (Å²) in [7, 11) is 0. The molecule has 1 aromatic carbocycles. The number of hydrogen-bond acceptors (Lipinski definition) is 2. The molecule has 0 spiro atoms. The fourth-order valence-corrected chi connectivity index (χ4v) is 2.30. The van der Waals surface area contributed by atoms with Gasteiger partial charge in [0, 0.05) is 23.8 Å². The second-order valence-electron chi connectivity index (χ2n) is 5.04. The Hall–Kier alpha value is -1.02. The molecule has 82 valence electrons. The van der Waals surface area contributed by atoms with Gasteiger partial charge in [0.1, 0.15) is 0 Å². The highest BCUT2D eigenvalue weighted by Gasteiger charge is 2.38. The van der Waals surface area contributed by atoms with E-state index in [2.05, 4.69) is 49.9 Å². The molecule has 0 radical (unpaired) electrons. The Balaban J connectivity index is 2.28. The maximum atomic E-state index is 6.13. The molecule has 1 atom stereocenters. The lowest BCUT2D eigenvalue weighted by Crippen LogP contribution is -2.48. The van der Waals surface area contributed by atoms with Crippen molar-refractivity contribution >= 4 is 5.69 Å². The van der Waals surface area contributed by atoms with Crippen LogP contribution in [0.15, 0.2) is 24.3 Å². The molecule has 0 amide bonds. The van der Waals surface area contributed by atoms with Gasteiger partial charge in [0.05, 0.1) is 0 Å². The summed E-state index contributed by atoms with van der Waals surface area (Å²) >= 11 is 0. The van der Waals surface area contributed by atoms with Gasteiger partial charge in [-0.05, 0) is 39.3 Å². The van der Waals surface area contributed by atoms with Crippen LogP contribution in [0.1, 0.15) is 25.8 Å². The van der Waals surface area contributed by atoms with Crippen LogP contribution in [0.2, 0.25) is 0 Å². The van der Waals surface area contributed by atoms with Gasteiger partial charge >= 0.3 is 0 Å². The van der Waals surface area contributed by atoms with Gasteiger partial charge in [0.15, 0.2) is 0 Å². The predicted octanol–water partition coefficient (Wildman–Crippen LogP) is 2.31. The molecule has 1 fully saturated rings. The summed E-state index contributed by atoms with van der Waals surface area (Å²) in [5.74, 6) is 0. The lowest BCUT2D eigenvalue weighted by Gasteiger charge is -2.36. The molecule has 2 rings (SSSR count). The summed E-state index contributed by atoms with van der Waals surface area (Å²) in [6.45, 7) is 7.64. The molecule has 2 heteroatoms. The normalized spacial score (nSPS) is 24.5. The summed E-state index contributed by atoms with van der Waals surface area (Å²) in [5, 5.41) is 0. The van der Waals surface area contributed by atoms with Crippen LogP contribution in [0.25, 0.3) is 0 Å². The highest BCUT2D eigenvalue weighted by Crippen LogP contribution is 2.32. The fourth-order valence-electron chi connectivity index (χ4n) is 2.30. The van der Waals surface area contributed by atoms with Gasteiger partial charge < -0.3 is 10.6 Å². The lowest BCUT2D eigenvalue weighted by molar-refractivity contribution is 0.453. The van der Waals surface area contributed by atoms with Crippen molar-refractivity contribution in [3.05, 3.63) is 29.8 Å². The molecule has 0 aromatic heterocycles. The van der Waals surface area contributed by atoms with Gasteiger partial charge in [-0.3, -0.25) is 0 Å². The van der Waals surface area contributed by atoms with Crippen molar-refractivity contribution < 1.29 is 0 Å². The van der Waals surface area contributed by atoms with Gasteiger partial charge in [-0.25, -0.2) is 0 Å². The number of aryl methyl sites for hydroxylation is 1. The number of rotatable bonds is 1. The first kappa shape index (κ1) is 10.5. The summed E-state index contributed by atoms with van der Waals surface area (Å²) in [5.41, 5.74) is 8.80. The van der Waals surface area contributed by atoms with E-state index in [1.54, 1.807) is 0 Å². The van der Waals surface area contributed by atoms with E-state index in [9.17, 15) is 0 Å². The Kier molecular flexibility index (Phi) is 2.47. The smallest absolute Gasteiger partial charge is 0.0497 e. The summed E-state index contributed by atoms with van der Waals surface area (Å²) in [6, 6.07) is 8.98. The molecule has 2 N–H and O–H groups in total. The molecule has 2 nitrogen and oxygen atoms in total. The standard InChI is InChI=1S/C13H20N2/c1-10-4-6-11(7-5-10)15-9-8-12(14)13(15,2)3/h4-7,12H,8-9,14H2,1-3H3. The third-order valence-electron chi connectivity index (χ3n) is 3.61. The van der Waals surface area contributed by atoms with Crippen LogP contribution in [0.5, 0.6) is 0 Å². The Morgan fingerprint density at radius 1 is 1.27 bits per heavy atom. The van der Waals surface area contributed by atoms with Crippen molar-refractivity contribution in [1.82, 2.24) is 0 Å². The number of nitrogens with zero attached hydrogens (tertiary/aromatic N) is 1. The number of nitrogens with two attached hydrogens (primary N) is 1. The van der Waals surface area contributed by atoms with Gasteiger partial charge in [-0.1, -0.05) is 17.7 Å². The molecule has 15 heavy (non-hydrogen) atoms. The molecule has 0 saturated carbocycles. The van der Waals surface area contributed by atoms with E-state index in [0.717, 1.165) is 13.0 Å². The largest absolute Gasteiger partial charge is 0.365 e. The first-order valence-electron chi connectivity index (χ1n) is 5.62. The van der Waals surface area contributed by atoms with E-state index >= 15 is 0 Å². The van der Waals surface area contributed by atoms with Crippen molar-refractivity contribution in [2.75, 3.05) is 11.4 Å².